The highest BCUT2D eigenvalue weighted by molar-refractivity contribution is 5.96. The van der Waals surface area contributed by atoms with Gasteiger partial charge in [-0.1, -0.05) is 24.3 Å². The number of nitrogens with one attached hydrogen (secondary N) is 2. The van der Waals surface area contributed by atoms with Gasteiger partial charge < -0.3 is 15.5 Å². The van der Waals surface area contributed by atoms with E-state index in [0.29, 0.717) is 12.6 Å². The summed E-state index contributed by atoms with van der Waals surface area (Å²) in [5.41, 5.74) is 1.98. The van der Waals surface area contributed by atoms with Gasteiger partial charge in [-0.2, -0.15) is 0 Å². The molecule has 0 aliphatic carbocycles. The molecule has 0 aromatic heterocycles. The first-order valence-electron chi connectivity index (χ1n) is 9.89. The third-order valence-electron chi connectivity index (χ3n) is 5.02. The van der Waals surface area contributed by atoms with Gasteiger partial charge in [0.25, 0.3) is 5.91 Å². The van der Waals surface area contributed by atoms with Gasteiger partial charge in [0.05, 0.1) is 6.54 Å². The fourth-order valence-electron chi connectivity index (χ4n) is 3.31. The number of carbonyl (C=O) groups excluding carboxylic acids is 2. The first-order chi connectivity index (χ1) is 14.4. The lowest BCUT2D eigenvalue weighted by atomic mass is 10.1. The van der Waals surface area contributed by atoms with E-state index in [1.807, 2.05) is 12.1 Å². The molecule has 2 aromatic carbocycles. The molecule has 0 radical (unpaired) electrons. The van der Waals surface area contributed by atoms with E-state index in [9.17, 15) is 18.4 Å². The maximum atomic E-state index is 13.2. The summed E-state index contributed by atoms with van der Waals surface area (Å²) in [6.45, 7) is 5.11. The van der Waals surface area contributed by atoms with Gasteiger partial charge >= 0.3 is 0 Å². The van der Waals surface area contributed by atoms with Crippen molar-refractivity contribution in [1.29, 1.82) is 0 Å². The molecule has 0 bridgehead atoms. The predicted octanol–water partition coefficient (Wildman–Crippen LogP) is 1.76. The molecule has 0 unspecified atom stereocenters. The van der Waals surface area contributed by atoms with Gasteiger partial charge in [0.15, 0.2) is 0 Å². The Labute approximate surface area is 174 Å². The Bertz CT molecular complexity index is 878. The Balaban J connectivity index is 1.44. The molecular formula is C22H26F2N4O2. The number of hydrogen-bond acceptors (Lipinski definition) is 4. The zero-order valence-corrected chi connectivity index (χ0v) is 17.0. The number of nitrogens with zero attached hydrogens (tertiary/aromatic N) is 2. The Hall–Kier alpha value is -2.84. The van der Waals surface area contributed by atoms with Gasteiger partial charge in [-0.15, -0.1) is 0 Å². The normalized spacial score (nSPS) is 15.0. The molecule has 0 spiro atoms. The zero-order chi connectivity index (χ0) is 21.5. The van der Waals surface area contributed by atoms with Crippen molar-refractivity contribution in [3.63, 3.8) is 0 Å². The average molecular weight is 416 g/mol. The average Bonchev–Trinajstić information content (AvgIpc) is 2.72. The molecule has 1 fully saturated rings. The second-order valence-corrected chi connectivity index (χ2v) is 7.52. The lowest BCUT2D eigenvalue weighted by Crippen LogP contribution is -2.43. The van der Waals surface area contributed by atoms with Crippen LogP contribution in [0.3, 0.4) is 0 Å². The van der Waals surface area contributed by atoms with E-state index in [4.69, 9.17) is 0 Å². The summed E-state index contributed by atoms with van der Waals surface area (Å²) in [5.74, 6) is -2.79. The standard InChI is InChI=1S/C22H26F2N4O2/c1-27-5-7-28(8-6-27)15-17-4-2-3-16(9-17)13-25-21(29)14-26-22(30)18-10-19(23)12-20(24)11-18/h2-4,9-12H,5-8,13-15H2,1H3,(H,25,29)(H,26,30). The molecule has 6 nitrogen and oxygen atoms in total. The minimum Gasteiger partial charge on any atom is -0.350 e. The van der Waals surface area contributed by atoms with Crippen molar-refractivity contribution in [3.05, 3.63) is 70.8 Å². The van der Waals surface area contributed by atoms with E-state index in [1.54, 1.807) is 0 Å². The number of amides is 2. The minimum atomic E-state index is -0.846. The number of benzene rings is 2. The number of rotatable bonds is 7. The van der Waals surface area contributed by atoms with Crippen LogP contribution in [0.1, 0.15) is 21.5 Å². The molecular weight excluding hydrogens is 390 g/mol. The van der Waals surface area contributed by atoms with Crippen LogP contribution < -0.4 is 10.6 Å². The zero-order valence-electron chi connectivity index (χ0n) is 17.0. The van der Waals surface area contributed by atoms with Crippen molar-refractivity contribution >= 4 is 11.8 Å². The van der Waals surface area contributed by atoms with Crippen LogP contribution in [0.4, 0.5) is 8.78 Å². The molecule has 30 heavy (non-hydrogen) atoms. The van der Waals surface area contributed by atoms with Gasteiger partial charge in [0, 0.05) is 50.9 Å². The largest absolute Gasteiger partial charge is 0.350 e. The van der Waals surface area contributed by atoms with E-state index in [0.717, 1.165) is 50.4 Å². The third-order valence-corrected chi connectivity index (χ3v) is 5.02. The third kappa shape index (κ3) is 6.60. The van der Waals surface area contributed by atoms with Crippen LogP contribution in [-0.4, -0.2) is 61.4 Å². The number of carbonyl (C=O) groups is 2. The molecule has 3 rings (SSSR count). The summed E-state index contributed by atoms with van der Waals surface area (Å²) in [5, 5.41) is 5.11. The Morgan fingerprint density at radius 3 is 2.30 bits per heavy atom. The molecule has 2 amide bonds. The highest BCUT2D eigenvalue weighted by atomic mass is 19.1. The molecule has 2 N–H and O–H groups in total. The number of piperazine rings is 1. The summed E-state index contributed by atoms with van der Waals surface area (Å²) >= 11 is 0. The molecule has 2 aromatic rings. The SMILES string of the molecule is CN1CCN(Cc2cccc(CNC(=O)CNC(=O)c3cc(F)cc(F)c3)c2)CC1. The summed E-state index contributed by atoms with van der Waals surface area (Å²) in [6.07, 6.45) is 0. The topological polar surface area (TPSA) is 64.7 Å². The first kappa shape index (κ1) is 21.9. The highest BCUT2D eigenvalue weighted by Crippen LogP contribution is 2.11. The Morgan fingerprint density at radius 2 is 1.60 bits per heavy atom. The predicted molar refractivity (Wildman–Crippen MR) is 110 cm³/mol. The van der Waals surface area contributed by atoms with Gasteiger partial charge in [0.1, 0.15) is 11.6 Å². The lowest BCUT2D eigenvalue weighted by Gasteiger charge is -2.32. The van der Waals surface area contributed by atoms with Crippen molar-refractivity contribution in [2.45, 2.75) is 13.1 Å². The van der Waals surface area contributed by atoms with Crippen molar-refractivity contribution in [2.24, 2.45) is 0 Å². The quantitative estimate of drug-likeness (QED) is 0.722. The smallest absolute Gasteiger partial charge is 0.251 e. The van der Waals surface area contributed by atoms with Crippen LogP contribution in [0.5, 0.6) is 0 Å². The second-order valence-electron chi connectivity index (χ2n) is 7.52. The van der Waals surface area contributed by atoms with Gasteiger partial charge in [0.2, 0.25) is 5.91 Å². The van der Waals surface area contributed by atoms with E-state index in [1.165, 1.54) is 5.56 Å². The van der Waals surface area contributed by atoms with Gasteiger partial charge in [-0.3, -0.25) is 14.5 Å². The van der Waals surface area contributed by atoms with E-state index < -0.39 is 17.5 Å². The lowest BCUT2D eigenvalue weighted by molar-refractivity contribution is -0.120. The van der Waals surface area contributed by atoms with Crippen LogP contribution in [0, 0.1) is 11.6 Å². The summed E-state index contributed by atoms with van der Waals surface area (Å²) < 4.78 is 26.4. The van der Waals surface area contributed by atoms with Crippen molar-refractivity contribution < 1.29 is 18.4 Å². The van der Waals surface area contributed by atoms with Crippen LogP contribution in [0.25, 0.3) is 0 Å². The molecule has 160 valence electrons. The minimum absolute atomic E-state index is 0.170. The molecule has 1 aliphatic rings. The maximum Gasteiger partial charge on any atom is 0.251 e. The molecule has 0 atom stereocenters. The van der Waals surface area contributed by atoms with E-state index >= 15 is 0 Å². The van der Waals surface area contributed by atoms with E-state index in [-0.39, 0.29) is 18.0 Å². The Morgan fingerprint density at radius 1 is 0.933 bits per heavy atom. The van der Waals surface area contributed by atoms with Crippen LogP contribution in [0.2, 0.25) is 0 Å². The van der Waals surface area contributed by atoms with Crippen molar-refractivity contribution in [2.75, 3.05) is 39.8 Å². The Kier molecular flexibility index (Phi) is 7.48. The molecule has 1 aliphatic heterocycles. The second kappa shape index (κ2) is 10.3. The van der Waals surface area contributed by atoms with E-state index in [2.05, 4.69) is 39.6 Å². The summed E-state index contributed by atoms with van der Waals surface area (Å²) in [4.78, 5) is 28.7. The highest BCUT2D eigenvalue weighted by Gasteiger charge is 2.14. The van der Waals surface area contributed by atoms with Crippen LogP contribution in [0.15, 0.2) is 42.5 Å². The van der Waals surface area contributed by atoms with Gasteiger partial charge in [-0.25, -0.2) is 8.78 Å². The van der Waals surface area contributed by atoms with Crippen molar-refractivity contribution in [3.8, 4) is 0 Å². The first-order valence-corrected chi connectivity index (χ1v) is 9.89. The maximum absolute atomic E-state index is 13.2. The number of halogens is 2. The summed E-state index contributed by atoms with van der Waals surface area (Å²) in [6, 6.07) is 10.6. The van der Waals surface area contributed by atoms with Gasteiger partial charge in [-0.05, 0) is 30.3 Å². The summed E-state index contributed by atoms with van der Waals surface area (Å²) in [7, 11) is 2.12. The van der Waals surface area contributed by atoms with Crippen LogP contribution >= 0.6 is 0 Å². The molecule has 8 heteroatoms. The molecule has 1 heterocycles. The fourth-order valence-corrected chi connectivity index (χ4v) is 3.31. The van der Waals surface area contributed by atoms with Crippen LogP contribution in [-0.2, 0) is 17.9 Å². The number of likely N-dealkylation sites (N-methyl/N-ethyl adjacent to an activating group) is 1. The fraction of sp³-hybridized carbons (Fsp3) is 0.364. The van der Waals surface area contributed by atoms with Crippen molar-refractivity contribution in [1.82, 2.24) is 20.4 Å². The monoisotopic (exact) mass is 416 g/mol. The number of hydrogen-bond donors (Lipinski definition) is 2. The molecule has 1 saturated heterocycles. The molecule has 0 saturated carbocycles.